The summed E-state index contributed by atoms with van der Waals surface area (Å²) in [6.45, 7) is 0.800. The average Bonchev–Trinajstić information content (AvgIpc) is 2.85. The largest absolute Gasteiger partial charge is 0.468 e. The van der Waals surface area contributed by atoms with Gasteiger partial charge in [0.2, 0.25) is 0 Å². The van der Waals surface area contributed by atoms with E-state index in [-0.39, 0.29) is 18.1 Å². The zero-order valence-electron chi connectivity index (χ0n) is 8.31. The molecule has 3 fully saturated rings. The highest BCUT2D eigenvalue weighted by molar-refractivity contribution is 5.77. The molecule has 3 rings (SSSR count). The number of carbonyl (C=O) groups excluding carboxylic acids is 1. The second-order valence-corrected chi connectivity index (χ2v) is 4.41. The first kappa shape index (κ1) is 8.68. The number of likely N-dealkylation sites (tertiary alicyclic amines) is 1. The van der Waals surface area contributed by atoms with Gasteiger partial charge in [0.25, 0.3) is 0 Å². The molecule has 3 unspecified atom stereocenters. The van der Waals surface area contributed by atoms with Crippen molar-refractivity contribution in [1.29, 1.82) is 0 Å². The molecule has 2 aliphatic heterocycles. The smallest absolute Gasteiger partial charge is 0.325 e. The van der Waals surface area contributed by atoms with Crippen molar-refractivity contribution >= 4 is 5.97 Å². The Morgan fingerprint density at radius 2 is 2.21 bits per heavy atom. The molecule has 0 amide bonds. The number of ether oxygens (including phenoxy) is 2. The quantitative estimate of drug-likeness (QED) is 0.591. The van der Waals surface area contributed by atoms with Crippen LogP contribution in [0.3, 0.4) is 0 Å². The number of hydrogen-bond acceptors (Lipinski definition) is 4. The number of methoxy groups -OCH3 is 1. The molecule has 0 aromatic heterocycles. The first-order valence-electron chi connectivity index (χ1n) is 5.28. The zero-order valence-corrected chi connectivity index (χ0v) is 8.31. The van der Waals surface area contributed by atoms with Gasteiger partial charge in [0.05, 0.1) is 19.8 Å². The van der Waals surface area contributed by atoms with Crippen molar-refractivity contribution in [1.82, 2.24) is 4.90 Å². The van der Waals surface area contributed by atoms with Crippen LogP contribution >= 0.6 is 0 Å². The van der Waals surface area contributed by atoms with Gasteiger partial charge in [-0.05, 0) is 19.3 Å². The fraction of sp³-hybridized carbons (Fsp3) is 0.900. The van der Waals surface area contributed by atoms with E-state index in [2.05, 4.69) is 4.90 Å². The van der Waals surface area contributed by atoms with Gasteiger partial charge in [-0.15, -0.1) is 0 Å². The second kappa shape index (κ2) is 2.94. The van der Waals surface area contributed by atoms with Crippen LogP contribution < -0.4 is 0 Å². The van der Waals surface area contributed by atoms with E-state index < -0.39 is 0 Å². The highest BCUT2D eigenvalue weighted by atomic mass is 16.5. The first-order chi connectivity index (χ1) is 6.81. The van der Waals surface area contributed by atoms with Crippen LogP contribution in [-0.4, -0.2) is 48.8 Å². The van der Waals surface area contributed by atoms with Gasteiger partial charge < -0.3 is 9.47 Å². The molecule has 4 heteroatoms. The van der Waals surface area contributed by atoms with E-state index in [1.165, 1.54) is 20.0 Å². The van der Waals surface area contributed by atoms with Gasteiger partial charge >= 0.3 is 5.97 Å². The maximum atomic E-state index is 11.6. The van der Waals surface area contributed by atoms with Crippen molar-refractivity contribution in [3.8, 4) is 0 Å². The number of fused-ring (bicyclic) bond motifs is 2. The van der Waals surface area contributed by atoms with Crippen LogP contribution in [-0.2, 0) is 14.3 Å². The maximum absolute atomic E-state index is 11.6. The third kappa shape index (κ3) is 1.10. The molecule has 0 aromatic rings. The summed E-state index contributed by atoms with van der Waals surface area (Å²) in [5.41, 5.74) is 0. The summed E-state index contributed by atoms with van der Waals surface area (Å²) in [5, 5.41) is 0. The van der Waals surface area contributed by atoms with Gasteiger partial charge in [0.15, 0.2) is 0 Å². The summed E-state index contributed by atoms with van der Waals surface area (Å²) in [7, 11) is 1.46. The van der Waals surface area contributed by atoms with E-state index >= 15 is 0 Å². The van der Waals surface area contributed by atoms with E-state index in [0.29, 0.717) is 12.1 Å². The summed E-state index contributed by atoms with van der Waals surface area (Å²) in [6.07, 6.45) is 3.57. The molecular formula is C10H15NO3. The SMILES string of the molecule is COC(=O)C1C2CC(CO2)N1C1CC1. The Hall–Kier alpha value is -0.610. The Balaban J connectivity index is 1.82. The van der Waals surface area contributed by atoms with Crippen LogP contribution in [0.15, 0.2) is 0 Å². The minimum atomic E-state index is -0.121. The predicted molar refractivity (Wildman–Crippen MR) is 48.8 cm³/mol. The van der Waals surface area contributed by atoms with E-state index in [1.807, 2.05) is 0 Å². The molecule has 0 radical (unpaired) electrons. The molecule has 2 heterocycles. The Labute approximate surface area is 83.2 Å². The standard InChI is InChI=1S/C10H15NO3/c1-13-10(12)9-8-4-7(5-14-8)11(9)6-2-3-6/h6-9H,2-5H2,1H3. The summed E-state index contributed by atoms with van der Waals surface area (Å²) in [4.78, 5) is 13.9. The second-order valence-electron chi connectivity index (χ2n) is 4.41. The van der Waals surface area contributed by atoms with Crippen LogP contribution in [0.5, 0.6) is 0 Å². The number of hydrogen-bond donors (Lipinski definition) is 0. The molecule has 3 atom stereocenters. The lowest BCUT2D eigenvalue weighted by molar-refractivity contribution is -0.154. The Kier molecular flexibility index (Phi) is 1.82. The van der Waals surface area contributed by atoms with Crippen LogP contribution in [0.2, 0.25) is 0 Å². The highest BCUT2D eigenvalue weighted by Gasteiger charge is 2.55. The summed E-state index contributed by atoms with van der Waals surface area (Å²) in [5.74, 6) is -0.121. The van der Waals surface area contributed by atoms with Crippen molar-refractivity contribution in [3.63, 3.8) is 0 Å². The van der Waals surface area contributed by atoms with Crippen LogP contribution in [0, 0.1) is 0 Å². The van der Waals surface area contributed by atoms with Crippen molar-refractivity contribution in [2.75, 3.05) is 13.7 Å². The third-order valence-electron chi connectivity index (χ3n) is 3.51. The fourth-order valence-electron chi connectivity index (χ4n) is 2.78. The van der Waals surface area contributed by atoms with Gasteiger partial charge in [-0.2, -0.15) is 0 Å². The summed E-state index contributed by atoms with van der Waals surface area (Å²) in [6, 6.07) is 0.973. The van der Waals surface area contributed by atoms with E-state index in [9.17, 15) is 4.79 Å². The molecular weight excluding hydrogens is 182 g/mol. The average molecular weight is 197 g/mol. The van der Waals surface area contributed by atoms with Crippen molar-refractivity contribution in [2.24, 2.45) is 0 Å². The molecule has 0 N–H and O–H groups in total. The number of nitrogens with zero attached hydrogens (tertiary/aromatic N) is 1. The molecule has 0 spiro atoms. The zero-order chi connectivity index (χ0) is 9.71. The van der Waals surface area contributed by atoms with Gasteiger partial charge in [-0.25, -0.2) is 0 Å². The number of morpholine rings is 1. The minimum Gasteiger partial charge on any atom is -0.468 e. The lowest BCUT2D eigenvalue weighted by atomic mass is 10.2. The summed E-state index contributed by atoms with van der Waals surface area (Å²) >= 11 is 0. The van der Waals surface area contributed by atoms with Gasteiger partial charge in [0.1, 0.15) is 6.04 Å². The lowest BCUT2D eigenvalue weighted by Crippen LogP contribution is -2.51. The summed E-state index contributed by atoms with van der Waals surface area (Å²) < 4.78 is 10.4. The molecule has 1 aliphatic carbocycles. The fourth-order valence-corrected chi connectivity index (χ4v) is 2.78. The van der Waals surface area contributed by atoms with E-state index in [1.54, 1.807) is 0 Å². The van der Waals surface area contributed by atoms with E-state index in [4.69, 9.17) is 9.47 Å². The Bertz CT molecular complexity index is 264. The van der Waals surface area contributed by atoms with Crippen LogP contribution in [0.25, 0.3) is 0 Å². The number of esters is 1. The van der Waals surface area contributed by atoms with Crippen LogP contribution in [0.4, 0.5) is 0 Å². The molecule has 2 saturated heterocycles. The minimum absolute atomic E-state index is 0.0908. The monoisotopic (exact) mass is 197 g/mol. The van der Waals surface area contributed by atoms with Gasteiger partial charge in [-0.3, -0.25) is 9.69 Å². The normalized spacial score (nSPS) is 41.6. The topological polar surface area (TPSA) is 38.8 Å². The number of carbonyl (C=O) groups is 1. The van der Waals surface area contributed by atoms with Crippen molar-refractivity contribution < 1.29 is 14.3 Å². The molecule has 1 saturated carbocycles. The predicted octanol–water partition coefficient (Wildman–Crippen LogP) is 0.163. The maximum Gasteiger partial charge on any atom is 0.325 e. The van der Waals surface area contributed by atoms with Crippen LogP contribution in [0.1, 0.15) is 19.3 Å². The molecule has 14 heavy (non-hydrogen) atoms. The Morgan fingerprint density at radius 3 is 2.86 bits per heavy atom. The third-order valence-corrected chi connectivity index (χ3v) is 3.51. The van der Waals surface area contributed by atoms with Crippen molar-refractivity contribution in [2.45, 2.75) is 43.5 Å². The molecule has 78 valence electrons. The molecule has 4 nitrogen and oxygen atoms in total. The first-order valence-corrected chi connectivity index (χ1v) is 5.28. The molecule has 3 aliphatic rings. The van der Waals surface area contributed by atoms with Gasteiger partial charge in [0, 0.05) is 12.1 Å². The lowest BCUT2D eigenvalue weighted by Gasteiger charge is -2.33. The highest BCUT2D eigenvalue weighted by Crippen LogP contribution is 2.42. The number of rotatable bonds is 2. The molecule has 0 aromatic carbocycles. The van der Waals surface area contributed by atoms with Gasteiger partial charge in [-0.1, -0.05) is 0 Å². The van der Waals surface area contributed by atoms with Crippen molar-refractivity contribution in [3.05, 3.63) is 0 Å². The molecule has 2 bridgehead atoms. The Morgan fingerprint density at radius 1 is 1.43 bits per heavy atom. The van der Waals surface area contributed by atoms with E-state index in [0.717, 1.165) is 13.0 Å².